The monoisotopic (exact) mass is 356 g/mol. The first-order valence-corrected chi connectivity index (χ1v) is 7.36. The van der Waals surface area contributed by atoms with Gasteiger partial charge in [-0.25, -0.2) is 9.97 Å². The molecular formula is C15H13ClN8O. The third-order valence-electron chi connectivity index (χ3n) is 3.09. The molecule has 4 N–H and O–H groups in total. The summed E-state index contributed by atoms with van der Waals surface area (Å²) in [5.74, 6) is -0.0448. The van der Waals surface area contributed by atoms with Crippen LogP contribution in [-0.2, 0) is 0 Å². The van der Waals surface area contributed by atoms with Gasteiger partial charge in [0.25, 0.3) is 5.91 Å². The van der Waals surface area contributed by atoms with Crippen LogP contribution in [0, 0.1) is 22.7 Å². The number of nitrogens with two attached hydrogens (primary N) is 1. The molecule has 0 aliphatic heterocycles. The van der Waals surface area contributed by atoms with E-state index in [-0.39, 0.29) is 30.4 Å². The van der Waals surface area contributed by atoms with E-state index in [0.29, 0.717) is 10.6 Å². The fourth-order valence-electron chi connectivity index (χ4n) is 1.90. The first-order valence-electron chi connectivity index (χ1n) is 6.98. The second kappa shape index (κ2) is 8.34. The van der Waals surface area contributed by atoms with E-state index in [0.717, 1.165) is 0 Å². The number of aromatic nitrogens is 2. The minimum atomic E-state index is -0.415. The summed E-state index contributed by atoms with van der Waals surface area (Å²) in [6, 6.07) is 10.2. The Labute approximate surface area is 148 Å². The highest BCUT2D eigenvalue weighted by Crippen LogP contribution is 2.25. The topological polar surface area (TPSA) is 144 Å². The summed E-state index contributed by atoms with van der Waals surface area (Å²) in [7, 11) is 0. The van der Waals surface area contributed by atoms with E-state index in [4.69, 9.17) is 27.9 Å². The molecule has 0 bridgehead atoms. The molecule has 10 heteroatoms. The summed E-state index contributed by atoms with van der Waals surface area (Å²) in [4.78, 5) is 21.4. The number of anilines is 3. The lowest BCUT2D eigenvalue weighted by Gasteiger charge is -2.20. The van der Waals surface area contributed by atoms with E-state index >= 15 is 0 Å². The van der Waals surface area contributed by atoms with Gasteiger partial charge in [-0.2, -0.15) is 10.5 Å². The van der Waals surface area contributed by atoms with Gasteiger partial charge in [0, 0.05) is 10.6 Å². The Kier molecular flexibility index (Phi) is 5.93. The minimum Gasteiger partial charge on any atom is -0.393 e. The predicted octanol–water partition coefficient (Wildman–Crippen LogP) is 1.32. The number of benzene rings is 1. The van der Waals surface area contributed by atoms with Crippen molar-refractivity contribution in [3.05, 3.63) is 41.2 Å². The fraction of sp³-hybridized carbons (Fsp3) is 0.133. The third kappa shape index (κ3) is 4.47. The number of carbonyl (C=O) groups is 1. The zero-order chi connectivity index (χ0) is 18.2. The highest BCUT2D eigenvalue weighted by molar-refractivity contribution is 6.30. The quantitative estimate of drug-likeness (QED) is 0.519. The second-order valence-corrected chi connectivity index (χ2v) is 5.15. The van der Waals surface area contributed by atoms with Crippen LogP contribution in [0.3, 0.4) is 0 Å². The average Bonchev–Trinajstić information content (AvgIpc) is 2.61. The maximum Gasteiger partial charge on any atom is 0.269 e. The molecule has 126 valence electrons. The number of hydrogen-bond donors (Lipinski definition) is 3. The molecule has 2 aromatic rings. The SMILES string of the molecule is N#CCN(CC#N)c1ncnc(NNC(=O)c2ccc(Cl)cc2)c1N. The van der Waals surface area contributed by atoms with Gasteiger partial charge in [-0.1, -0.05) is 11.6 Å². The lowest BCUT2D eigenvalue weighted by atomic mass is 10.2. The van der Waals surface area contributed by atoms with E-state index in [1.54, 1.807) is 24.3 Å². The van der Waals surface area contributed by atoms with Gasteiger partial charge in [0.2, 0.25) is 0 Å². The Balaban J connectivity index is 2.14. The molecule has 1 amide bonds. The van der Waals surface area contributed by atoms with Crippen LogP contribution >= 0.6 is 11.6 Å². The number of amides is 1. The van der Waals surface area contributed by atoms with E-state index in [9.17, 15) is 4.79 Å². The molecule has 0 aliphatic carbocycles. The van der Waals surface area contributed by atoms with Gasteiger partial charge in [0.05, 0.1) is 12.1 Å². The largest absolute Gasteiger partial charge is 0.393 e. The molecule has 0 unspecified atom stereocenters. The van der Waals surface area contributed by atoms with Crippen LogP contribution in [0.4, 0.5) is 17.3 Å². The van der Waals surface area contributed by atoms with Crippen molar-refractivity contribution in [1.82, 2.24) is 15.4 Å². The molecule has 0 atom stereocenters. The van der Waals surface area contributed by atoms with Crippen LogP contribution in [0.1, 0.15) is 10.4 Å². The molecule has 9 nitrogen and oxygen atoms in total. The van der Waals surface area contributed by atoms with Gasteiger partial charge in [0.1, 0.15) is 25.1 Å². The molecule has 0 aliphatic rings. The van der Waals surface area contributed by atoms with Crippen molar-refractivity contribution < 1.29 is 4.79 Å². The normalized spacial score (nSPS) is 9.56. The second-order valence-electron chi connectivity index (χ2n) is 4.72. The van der Waals surface area contributed by atoms with Gasteiger partial charge < -0.3 is 10.6 Å². The van der Waals surface area contributed by atoms with Crippen LogP contribution < -0.4 is 21.5 Å². The Morgan fingerprint density at radius 3 is 2.44 bits per heavy atom. The highest BCUT2D eigenvalue weighted by Gasteiger charge is 2.15. The van der Waals surface area contributed by atoms with Crippen molar-refractivity contribution in [1.29, 1.82) is 10.5 Å². The van der Waals surface area contributed by atoms with Crippen molar-refractivity contribution in [2.45, 2.75) is 0 Å². The molecule has 25 heavy (non-hydrogen) atoms. The lowest BCUT2D eigenvalue weighted by Crippen LogP contribution is -2.31. The summed E-state index contributed by atoms with van der Waals surface area (Å²) >= 11 is 5.78. The maximum atomic E-state index is 12.1. The average molecular weight is 357 g/mol. The number of halogens is 1. The predicted molar refractivity (Wildman–Crippen MR) is 92.4 cm³/mol. The summed E-state index contributed by atoms with van der Waals surface area (Å²) in [5, 5.41) is 18.2. The number of nitrogens with zero attached hydrogens (tertiary/aromatic N) is 5. The fourth-order valence-corrected chi connectivity index (χ4v) is 2.03. The Bertz CT molecular complexity index is 824. The summed E-state index contributed by atoms with van der Waals surface area (Å²) < 4.78 is 0. The molecule has 1 aromatic heterocycles. The number of hydrogen-bond acceptors (Lipinski definition) is 8. The van der Waals surface area contributed by atoms with Crippen molar-refractivity contribution in [2.24, 2.45) is 0 Å². The maximum absolute atomic E-state index is 12.1. The number of carbonyl (C=O) groups excluding carboxylic acids is 1. The van der Waals surface area contributed by atoms with Gasteiger partial charge in [0.15, 0.2) is 11.6 Å². The van der Waals surface area contributed by atoms with Gasteiger partial charge in [-0.15, -0.1) is 0 Å². The van der Waals surface area contributed by atoms with E-state index < -0.39 is 5.91 Å². The van der Waals surface area contributed by atoms with E-state index in [2.05, 4.69) is 20.8 Å². The molecule has 0 fully saturated rings. The van der Waals surface area contributed by atoms with E-state index in [1.165, 1.54) is 11.2 Å². The molecule has 0 saturated heterocycles. The molecule has 1 heterocycles. The first kappa shape index (κ1) is 17.8. The molecule has 1 aromatic carbocycles. The third-order valence-corrected chi connectivity index (χ3v) is 3.34. The van der Waals surface area contributed by atoms with Crippen LogP contribution in [0.15, 0.2) is 30.6 Å². The van der Waals surface area contributed by atoms with Crippen LogP contribution in [-0.4, -0.2) is 29.0 Å². The van der Waals surface area contributed by atoms with Gasteiger partial charge >= 0.3 is 0 Å². The lowest BCUT2D eigenvalue weighted by molar-refractivity contribution is 0.0962. The number of nitrogen functional groups attached to an aromatic ring is 1. The summed E-state index contributed by atoms with van der Waals surface area (Å²) in [6.07, 6.45) is 1.21. The molecule has 0 radical (unpaired) electrons. The number of rotatable bonds is 6. The highest BCUT2D eigenvalue weighted by atomic mass is 35.5. The zero-order valence-electron chi connectivity index (χ0n) is 12.9. The summed E-state index contributed by atoms with van der Waals surface area (Å²) in [5.41, 5.74) is 11.5. The van der Waals surface area contributed by atoms with E-state index in [1.807, 2.05) is 12.1 Å². The van der Waals surface area contributed by atoms with Crippen molar-refractivity contribution in [3.63, 3.8) is 0 Å². The van der Waals surface area contributed by atoms with Crippen molar-refractivity contribution in [3.8, 4) is 12.1 Å². The van der Waals surface area contributed by atoms with Crippen molar-refractivity contribution >= 4 is 34.8 Å². The standard InChI is InChI=1S/C15H13ClN8O/c16-11-3-1-10(2-4-11)15(25)23-22-13-12(19)14(21-9-20-13)24(7-5-17)8-6-18/h1-4,9H,7-8,19H2,(H,23,25)(H,20,21,22). The first-order chi connectivity index (χ1) is 12.1. The van der Waals surface area contributed by atoms with Crippen LogP contribution in [0.25, 0.3) is 0 Å². The Hall–Kier alpha value is -3.56. The number of nitriles is 2. The van der Waals surface area contributed by atoms with Crippen molar-refractivity contribution in [2.75, 3.05) is 29.1 Å². The molecule has 0 saturated carbocycles. The summed E-state index contributed by atoms with van der Waals surface area (Å²) in [6.45, 7) is -0.128. The van der Waals surface area contributed by atoms with Gasteiger partial charge in [-0.05, 0) is 24.3 Å². The smallest absolute Gasteiger partial charge is 0.269 e. The van der Waals surface area contributed by atoms with Crippen LogP contribution in [0.5, 0.6) is 0 Å². The zero-order valence-corrected chi connectivity index (χ0v) is 13.7. The molecular weight excluding hydrogens is 344 g/mol. The van der Waals surface area contributed by atoms with Gasteiger partial charge in [-0.3, -0.25) is 15.6 Å². The molecule has 2 rings (SSSR count). The molecule has 0 spiro atoms. The Morgan fingerprint density at radius 1 is 1.20 bits per heavy atom. The minimum absolute atomic E-state index is 0.0641. The number of hydrazine groups is 1. The Morgan fingerprint density at radius 2 is 1.84 bits per heavy atom. The number of nitrogens with one attached hydrogen (secondary N) is 2. The van der Waals surface area contributed by atoms with Crippen LogP contribution in [0.2, 0.25) is 5.02 Å².